The van der Waals surface area contributed by atoms with E-state index in [1.54, 1.807) is 0 Å². The van der Waals surface area contributed by atoms with Crippen molar-refractivity contribution in [3.05, 3.63) is 80.8 Å². The van der Waals surface area contributed by atoms with Crippen LogP contribution in [0.15, 0.2) is 69.6 Å². The minimum atomic E-state index is -2.36. The Morgan fingerprint density at radius 3 is 1.70 bits per heavy atom. The van der Waals surface area contributed by atoms with Gasteiger partial charge in [-0.25, -0.2) is 0 Å². The third kappa shape index (κ3) is 4.82. The van der Waals surface area contributed by atoms with E-state index in [2.05, 4.69) is 109 Å². The molecule has 160 valence electrons. The summed E-state index contributed by atoms with van der Waals surface area (Å²) in [4.78, 5) is 0. The second kappa shape index (κ2) is 10.0. The number of benzene rings is 2. The summed E-state index contributed by atoms with van der Waals surface area (Å²) in [7, 11) is -2.36. The molecule has 0 amide bonds. The predicted molar refractivity (Wildman–Crippen MR) is 137 cm³/mol. The maximum Gasteiger partial charge on any atom is 0.312 e. The fraction of sp³-hybridized carbons (Fsp3) is 0.417. The van der Waals surface area contributed by atoms with Gasteiger partial charge in [0.2, 0.25) is 0 Å². The van der Waals surface area contributed by atoms with Gasteiger partial charge in [0.1, 0.15) is 0 Å². The van der Waals surface area contributed by atoms with Crippen molar-refractivity contribution in [2.75, 3.05) is 0 Å². The van der Waals surface area contributed by atoms with Crippen LogP contribution < -0.4 is 0 Å². The SMILES string of the molecule is CC=CC[Si]1(Cl)N(Cc2ccc(Br)cc2)C2CCCC[C@@H]2N1Cc1ccc(Br)cc1. The number of hydrogen-bond acceptors (Lipinski definition) is 2. The highest BCUT2D eigenvalue weighted by atomic mass is 79.9. The van der Waals surface area contributed by atoms with E-state index in [0.717, 1.165) is 28.1 Å². The minimum Gasteiger partial charge on any atom is -0.291 e. The Kier molecular flexibility index (Phi) is 7.59. The lowest BCUT2D eigenvalue weighted by atomic mass is 9.90. The lowest BCUT2D eigenvalue weighted by Crippen LogP contribution is -2.55. The van der Waals surface area contributed by atoms with Crippen LogP contribution >= 0.6 is 42.9 Å². The third-order valence-corrected chi connectivity index (χ3v) is 12.8. The highest BCUT2D eigenvalue weighted by molar-refractivity contribution is 9.10. The second-order valence-electron chi connectivity index (χ2n) is 8.42. The molecule has 2 unspecified atom stereocenters. The van der Waals surface area contributed by atoms with Crippen LogP contribution in [0.3, 0.4) is 0 Å². The number of allylic oxidation sites excluding steroid dienone is 2. The molecule has 1 aliphatic heterocycles. The highest BCUT2D eigenvalue weighted by Crippen LogP contribution is 2.45. The molecular weight excluding hydrogens is 540 g/mol. The molecule has 2 aromatic rings. The van der Waals surface area contributed by atoms with Crippen LogP contribution in [0.25, 0.3) is 0 Å². The van der Waals surface area contributed by atoms with Gasteiger partial charge in [0.25, 0.3) is 0 Å². The quantitative estimate of drug-likeness (QED) is 0.201. The fourth-order valence-electron chi connectivity index (χ4n) is 5.04. The monoisotopic (exact) mass is 566 g/mol. The van der Waals surface area contributed by atoms with Crippen LogP contribution in [0.5, 0.6) is 0 Å². The van der Waals surface area contributed by atoms with Gasteiger partial charge in [0, 0.05) is 40.2 Å². The topological polar surface area (TPSA) is 6.48 Å². The summed E-state index contributed by atoms with van der Waals surface area (Å²) in [6.07, 6.45) is 9.60. The molecule has 2 aliphatic rings. The molecule has 0 spiro atoms. The normalized spacial score (nSPS) is 27.6. The molecule has 0 aromatic heterocycles. The summed E-state index contributed by atoms with van der Waals surface area (Å²) in [5.74, 6) is 0. The smallest absolute Gasteiger partial charge is 0.291 e. The molecule has 1 saturated heterocycles. The summed E-state index contributed by atoms with van der Waals surface area (Å²) in [6, 6.07) is 19.6. The van der Waals surface area contributed by atoms with Crippen molar-refractivity contribution >= 4 is 50.6 Å². The molecule has 2 fully saturated rings. The van der Waals surface area contributed by atoms with Crippen LogP contribution in [0.4, 0.5) is 0 Å². The largest absolute Gasteiger partial charge is 0.312 e. The Labute approximate surface area is 203 Å². The van der Waals surface area contributed by atoms with E-state index in [9.17, 15) is 0 Å². The van der Waals surface area contributed by atoms with Crippen LogP contribution in [-0.4, -0.2) is 28.9 Å². The van der Waals surface area contributed by atoms with Crippen LogP contribution in [0, 0.1) is 0 Å². The molecule has 2 aromatic carbocycles. The van der Waals surface area contributed by atoms with Crippen molar-refractivity contribution < 1.29 is 0 Å². The molecule has 0 bridgehead atoms. The molecule has 0 radical (unpaired) electrons. The number of rotatable bonds is 6. The first-order chi connectivity index (χ1) is 14.5. The van der Waals surface area contributed by atoms with Gasteiger partial charge in [0.15, 0.2) is 0 Å². The molecule has 1 aliphatic carbocycles. The summed E-state index contributed by atoms with van der Waals surface area (Å²) < 4.78 is 7.70. The van der Waals surface area contributed by atoms with Crippen molar-refractivity contribution in [3.8, 4) is 0 Å². The van der Waals surface area contributed by atoms with Gasteiger partial charge in [-0.2, -0.15) is 0 Å². The first-order valence-corrected chi connectivity index (χ1v) is 15.5. The number of nitrogens with zero attached hydrogens (tertiary/aromatic N) is 2. The van der Waals surface area contributed by atoms with E-state index in [4.69, 9.17) is 11.1 Å². The number of hydrogen-bond donors (Lipinski definition) is 0. The molecular formula is C24H29Br2ClN2Si. The van der Waals surface area contributed by atoms with Gasteiger partial charge in [0.05, 0.1) is 0 Å². The molecule has 3 atom stereocenters. The molecule has 1 heterocycles. The van der Waals surface area contributed by atoms with Gasteiger partial charge >= 0.3 is 7.71 Å². The van der Waals surface area contributed by atoms with E-state index in [0.29, 0.717) is 12.1 Å². The second-order valence-corrected chi connectivity index (χ2v) is 15.1. The van der Waals surface area contributed by atoms with Gasteiger partial charge in [-0.15, -0.1) is 11.1 Å². The van der Waals surface area contributed by atoms with Crippen molar-refractivity contribution in [1.29, 1.82) is 0 Å². The summed E-state index contributed by atoms with van der Waals surface area (Å²) >= 11 is 14.9. The van der Waals surface area contributed by atoms with Crippen molar-refractivity contribution in [1.82, 2.24) is 9.13 Å². The van der Waals surface area contributed by atoms with Crippen LogP contribution in [0.1, 0.15) is 43.7 Å². The van der Waals surface area contributed by atoms with Gasteiger partial charge in [-0.3, -0.25) is 9.13 Å². The van der Waals surface area contributed by atoms with Gasteiger partial charge in [-0.1, -0.05) is 81.1 Å². The Bertz CT molecular complexity index is 808. The zero-order valence-electron chi connectivity index (χ0n) is 17.4. The van der Waals surface area contributed by atoms with E-state index in [1.807, 2.05) is 0 Å². The zero-order chi connectivity index (χ0) is 21.1. The van der Waals surface area contributed by atoms with E-state index in [1.165, 1.54) is 36.8 Å². The fourth-order valence-corrected chi connectivity index (χ4v) is 10.8. The molecule has 1 saturated carbocycles. The number of halogens is 3. The zero-order valence-corrected chi connectivity index (χ0v) is 22.3. The highest BCUT2D eigenvalue weighted by Gasteiger charge is 2.58. The standard InChI is InChI=1S/C24H29Br2ClN2Si/c1-2-3-16-30(27)28(17-19-8-12-21(25)13-9-19)23-6-4-5-7-24(23)29(30)18-20-10-14-22(26)15-11-20/h2-3,8-15,23-24H,4-7,16-18H2,1H3/t23-,24?,30?/m0/s1. The van der Waals surface area contributed by atoms with Crippen LogP contribution in [-0.2, 0) is 13.1 Å². The molecule has 0 N–H and O–H groups in total. The summed E-state index contributed by atoms with van der Waals surface area (Å²) in [5.41, 5.74) is 2.71. The van der Waals surface area contributed by atoms with Crippen molar-refractivity contribution in [2.24, 2.45) is 0 Å². The maximum absolute atomic E-state index is 7.74. The first kappa shape index (κ1) is 22.7. The minimum absolute atomic E-state index is 0.562. The van der Waals surface area contributed by atoms with E-state index >= 15 is 0 Å². The first-order valence-electron chi connectivity index (χ1n) is 10.8. The Morgan fingerprint density at radius 1 is 0.867 bits per heavy atom. The average Bonchev–Trinajstić information content (AvgIpc) is 2.98. The lowest BCUT2D eigenvalue weighted by molar-refractivity contribution is 0.197. The van der Waals surface area contributed by atoms with Crippen LogP contribution in [0.2, 0.25) is 6.04 Å². The molecule has 30 heavy (non-hydrogen) atoms. The Morgan fingerprint density at radius 2 is 1.30 bits per heavy atom. The van der Waals surface area contributed by atoms with Gasteiger partial charge < -0.3 is 0 Å². The third-order valence-electron chi connectivity index (χ3n) is 6.52. The van der Waals surface area contributed by atoms with Crippen molar-refractivity contribution in [3.63, 3.8) is 0 Å². The molecule has 6 heteroatoms. The van der Waals surface area contributed by atoms with Gasteiger partial charge in [-0.05, 0) is 55.2 Å². The maximum atomic E-state index is 7.74. The Balaban J connectivity index is 1.69. The van der Waals surface area contributed by atoms with E-state index in [-0.39, 0.29) is 0 Å². The van der Waals surface area contributed by atoms with Crippen molar-refractivity contribution in [2.45, 2.75) is 63.8 Å². The predicted octanol–water partition coefficient (Wildman–Crippen LogP) is 7.59. The molecule has 2 nitrogen and oxygen atoms in total. The lowest BCUT2D eigenvalue weighted by Gasteiger charge is -2.37. The summed E-state index contributed by atoms with van der Waals surface area (Å²) in [5, 5.41) is 0. The number of fused-ring (bicyclic) bond motifs is 1. The Hall–Kier alpha value is -0.433. The van der Waals surface area contributed by atoms with E-state index < -0.39 is 7.71 Å². The summed E-state index contributed by atoms with van der Waals surface area (Å²) in [6.45, 7) is 3.99. The molecule has 4 rings (SSSR count). The average molecular weight is 569 g/mol.